The Kier molecular flexibility index (Phi) is 4.82. The highest BCUT2D eigenvalue weighted by Crippen LogP contribution is 2.37. The van der Waals surface area contributed by atoms with Crippen LogP contribution in [0.4, 0.5) is 5.82 Å². The summed E-state index contributed by atoms with van der Waals surface area (Å²) < 4.78 is 11.5. The van der Waals surface area contributed by atoms with Gasteiger partial charge in [0.05, 0.1) is 12.2 Å². The Balaban J connectivity index is 1.56. The predicted octanol–water partition coefficient (Wildman–Crippen LogP) is 2.87. The van der Waals surface area contributed by atoms with Crippen molar-refractivity contribution in [1.29, 1.82) is 0 Å². The maximum Gasteiger partial charge on any atom is 0.261 e. The molecule has 1 aliphatic carbocycles. The number of anilines is 1. The third kappa shape index (κ3) is 3.61. The van der Waals surface area contributed by atoms with E-state index in [1.165, 1.54) is 12.8 Å². The van der Waals surface area contributed by atoms with E-state index in [2.05, 4.69) is 39.7 Å². The van der Waals surface area contributed by atoms with Gasteiger partial charge in [-0.3, -0.25) is 4.79 Å². The number of nitrogens with one attached hydrogen (secondary N) is 2. The van der Waals surface area contributed by atoms with E-state index in [0.29, 0.717) is 30.5 Å². The van der Waals surface area contributed by atoms with Gasteiger partial charge >= 0.3 is 0 Å². The molecule has 2 N–H and O–H groups in total. The second-order valence-electron chi connectivity index (χ2n) is 8.53. The SMILES string of the molecule is CC1(C)CCC(Nc2ncccc2-c2nnc(C3(C)OCCNC3=O)o2)CC1. The summed E-state index contributed by atoms with van der Waals surface area (Å²) in [6, 6.07) is 4.10. The number of hydrogen-bond acceptors (Lipinski definition) is 7. The van der Waals surface area contributed by atoms with Crippen LogP contribution in [0.3, 0.4) is 0 Å². The molecular formula is C20H27N5O3. The number of carbonyl (C=O) groups excluding carboxylic acids is 1. The molecule has 2 fully saturated rings. The van der Waals surface area contributed by atoms with Crippen LogP contribution in [0.25, 0.3) is 11.5 Å². The van der Waals surface area contributed by atoms with Crippen LogP contribution in [-0.4, -0.2) is 40.3 Å². The number of pyridine rings is 1. The molecule has 0 radical (unpaired) electrons. The zero-order valence-corrected chi connectivity index (χ0v) is 16.6. The molecule has 4 rings (SSSR count). The predicted molar refractivity (Wildman–Crippen MR) is 104 cm³/mol. The molecule has 8 nitrogen and oxygen atoms in total. The standard InChI is InChI=1S/C20H27N5O3/c1-19(2)8-6-13(7-9-19)23-15-14(5-4-10-21-15)16-24-25-18(28-16)20(3)17(26)22-11-12-27-20/h4-5,10,13H,6-9,11-12H2,1-3H3,(H,21,23)(H,22,26). The highest BCUT2D eigenvalue weighted by atomic mass is 16.5. The van der Waals surface area contributed by atoms with Gasteiger partial charge in [-0.1, -0.05) is 13.8 Å². The molecule has 2 aromatic rings. The fraction of sp³-hybridized carbons (Fsp3) is 0.600. The molecule has 0 spiro atoms. The Labute approximate surface area is 164 Å². The van der Waals surface area contributed by atoms with Crippen molar-refractivity contribution in [2.24, 2.45) is 5.41 Å². The van der Waals surface area contributed by atoms with Crippen molar-refractivity contribution in [3.63, 3.8) is 0 Å². The molecule has 3 heterocycles. The molecule has 1 saturated heterocycles. The van der Waals surface area contributed by atoms with Gasteiger partial charge in [0.2, 0.25) is 5.60 Å². The number of rotatable bonds is 4. The quantitative estimate of drug-likeness (QED) is 0.834. The first kappa shape index (κ1) is 18.9. The van der Waals surface area contributed by atoms with Gasteiger partial charge in [-0.05, 0) is 50.2 Å². The average Bonchev–Trinajstić information content (AvgIpc) is 3.17. The average molecular weight is 385 g/mol. The van der Waals surface area contributed by atoms with Gasteiger partial charge in [0, 0.05) is 18.8 Å². The second kappa shape index (κ2) is 7.16. The first-order chi connectivity index (χ1) is 13.4. The van der Waals surface area contributed by atoms with Crippen molar-refractivity contribution < 1.29 is 13.9 Å². The third-order valence-corrected chi connectivity index (χ3v) is 5.76. The van der Waals surface area contributed by atoms with Gasteiger partial charge in [0.1, 0.15) is 5.82 Å². The lowest BCUT2D eigenvalue weighted by molar-refractivity contribution is -0.156. The number of amides is 1. The maximum atomic E-state index is 12.3. The van der Waals surface area contributed by atoms with Crippen LogP contribution >= 0.6 is 0 Å². The first-order valence-electron chi connectivity index (χ1n) is 9.86. The van der Waals surface area contributed by atoms with Crippen molar-refractivity contribution in [2.45, 2.75) is 58.1 Å². The Morgan fingerprint density at radius 1 is 1.21 bits per heavy atom. The van der Waals surface area contributed by atoms with Crippen molar-refractivity contribution in [1.82, 2.24) is 20.5 Å². The van der Waals surface area contributed by atoms with Gasteiger partial charge < -0.3 is 19.8 Å². The van der Waals surface area contributed by atoms with Gasteiger partial charge in [0.15, 0.2) is 0 Å². The Morgan fingerprint density at radius 2 is 2.00 bits per heavy atom. The fourth-order valence-electron chi connectivity index (χ4n) is 3.77. The number of hydrogen-bond donors (Lipinski definition) is 2. The highest BCUT2D eigenvalue weighted by molar-refractivity contribution is 5.85. The van der Waals surface area contributed by atoms with Gasteiger partial charge in [0.25, 0.3) is 17.7 Å². The molecule has 1 saturated carbocycles. The molecule has 2 aromatic heterocycles. The first-order valence-corrected chi connectivity index (χ1v) is 9.86. The molecule has 1 atom stereocenters. The molecule has 1 unspecified atom stereocenters. The Hall–Kier alpha value is -2.48. The van der Waals surface area contributed by atoms with Crippen molar-refractivity contribution in [3.05, 3.63) is 24.2 Å². The van der Waals surface area contributed by atoms with Crippen molar-refractivity contribution >= 4 is 11.7 Å². The van der Waals surface area contributed by atoms with Crippen LogP contribution in [0.5, 0.6) is 0 Å². The monoisotopic (exact) mass is 385 g/mol. The molecular weight excluding hydrogens is 358 g/mol. The lowest BCUT2D eigenvalue weighted by Gasteiger charge is -2.35. The summed E-state index contributed by atoms with van der Waals surface area (Å²) in [7, 11) is 0. The van der Waals surface area contributed by atoms with Crippen LogP contribution in [-0.2, 0) is 15.1 Å². The molecule has 150 valence electrons. The lowest BCUT2D eigenvalue weighted by Crippen LogP contribution is -2.51. The van der Waals surface area contributed by atoms with E-state index in [1.54, 1.807) is 13.1 Å². The molecule has 2 aliphatic rings. The Bertz CT molecular complexity index is 855. The molecule has 0 aromatic carbocycles. The zero-order chi connectivity index (χ0) is 19.8. The van der Waals surface area contributed by atoms with Crippen LogP contribution < -0.4 is 10.6 Å². The van der Waals surface area contributed by atoms with E-state index in [0.717, 1.165) is 24.2 Å². The van der Waals surface area contributed by atoms with Gasteiger partial charge in [-0.25, -0.2) is 4.98 Å². The van der Waals surface area contributed by atoms with E-state index in [9.17, 15) is 4.79 Å². The summed E-state index contributed by atoms with van der Waals surface area (Å²) in [4.78, 5) is 16.7. The second-order valence-corrected chi connectivity index (χ2v) is 8.53. The molecule has 1 aliphatic heterocycles. The van der Waals surface area contributed by atoms with E-state index in [-0.39, 0.29) is 11.8 Å². The number of morpholine rings is 1. The molecule has 28 heavy (non-hydrogen) atoms. The van der Waals surface area contributed by atoms with Crippen molar-refractivity contribution in [3.8, 4) is 11.5 Å². The van der Waals surface area contributed by atoms with Gasteiger partial charge in [-0.2, -0.15) is 0 Å². The van der Waals surface area contributed by atoms with E-state index >= 15 is 0 Å². The molecule has 0 bridgehead atoms. The lowest BCUT2D eigenvalue weighted by atomic mass is 9.75. The summed E-state index contributed by atoms with van der Waals surface area (Å²) in [5.41, 5.74) is -0.137. The maximum absolute atomic E-state index is 12.3. The van der Waals surface area contributed by atoms with Crippen LogP contribution in [0.15, 0.2) is 22.7 Å². The van der Waals surface area contributed by atoms with Gasteiger partial charge in [-0.15, -0.1) is 10.2 Å². The minimum absolute atomic E-state index is 0.147. The minimum Gasteiger partial charge on any atom is -0.417 e. The van der Waals surface area contributed by atoms with Crippen molar-refractivity contribution in [2.75, 3.05) is 18.5 Å². The summed E-state index contributed by atoms with van der Waals surface area (Å²) in [6.07, 6.45) is 6.31. The van der Waals surface area contributed by atoms with Crippen LogP contribution in [0, 0.1) is 5.41 Å². The summed E-state index contributed by atoms with van der Waals surface area (Å²) in [5, 5.41) is 14.6. The summed E-state index contributed by atoms with van der Waals surface area (Å²) in [6.45, 7) is 7.16. The normalized spacial score (nSPS) is 25.3. The van der Waals surface area contributed by atoms with Crippen LogP contribution in [0.2, 0.25) is 0 Å². The van der Waals surface area contributed by atoms with E-state index in [1.807, 2.05) is 12.1 Å². The van der Waals surface area contributed by atoms with Crippen LogP contribution in [0.1, 0.15) is 52.3 Å². The Morgan fingerprint density at radius 3 is 2.75 bits per heavy atom. The highest BCUT2D eigenvalue weighted by Gasteiger charge is 2.44. The zero-order valence-electron chi connectivity index (χ0n) is 16.6. The summed E-state index contributed by atoms with van der Waals surface area (Å²) >= 11 is 0. The molecule has 8 heteroatoms. The largest absolute Gasteiger partial charge is 0.417 e. The summed E-state index contributed by atoms with van der Waals surface area (Å²) in [5.74, 6) is 0.920. The fourth-order valence-corrected chi connectivity index (χ4v) is 3.77. The number of carbonyl (C=O) groups is 1. The number of nitrogens with zero attached hydrogens (tertiary/aromatic N) is 3. The minimum atomic E-state index is -1.27. The topological polar surface area (TPSA) is 102 Å². The molecule has 1 amide bonds. The third-order valence-electron chi connectivity index (χ3n) is 5.76. The number of ether oxygens (including phenoxy) is 1. The smallest absolute Gasteiger partial charge is 0.261 e. The van der Waals surface area contributed by atoms with E-state index < -0.39 is 5.60 Å². The number of aromatic nitrogens is 3. The van der Waals surface area contributed by atoms with E-state index in [4.69, 9.17) is 9.15 Å².